The molecule has 102 valence electrons. The second-order valence-electron chi connectivity index (χ2n) is 4.92. The number of carboxylic acids is 1. The number of rotatable bonds is 7. The fourth-order valence-electron chi connectivity index (χ4n) is 2.22. The molecule has 0 aromatic heterocycles. The highest BCUT2D eigenvalue weighted by Crippen LogP contribution is 2.42. The van der Waals surface area contributed by atoms with Gasteiger partial charge < -0.3 is 19.7 Å². The van der Waals surface area contributed by atoms with Crippen LogP contribution in [0.1, 0.15) is 32.1 Å². The highest BCUT2D eigenvalue weighted by molar-refractivity contribution is 5.84. The molecule has 1 aliphatic heterocycles. The molecule has 0 saturated heterocycles. The molecule has 0 radical (unpaired) electrons. The summed E-state index contributed by atoms with van der Waals surface area (Å²) < 4.78 is 10.8. The number of aliphatic hydroxyl groups excluding tert-OH is 1. The van der Waals surface area contributed by atoms with Gasteiger partial charge in [0, 0.05) is 13.0 Å². The van der Waals surface area contributed by atoms with Crippen LogP contribution in [-0.2, 0) is 14.3 Å². The Labute approximate surface area is 106 Å². The van der Waals surface area contributed by atoms with Gasteiger partial charge in [0.2, 0.25) is 12.0 Å². The van der Waals surface area contributed by atoms with Crippen molar-refractivity contribution >= 4 is 5.97 Å². The smallest absolute Gasteiger partial charge is 0.370 e. The topological polar surface area (TPSA) is 76.0 Å². The lowest BCUT2D eigenvalue weighted by Crippen LogP contribution is -2.28. The monoisotopic (exact) mass is 256 g/mol. The number of aliphatic carboxylic acids is 1. The maximum Gasteiger partial charge on any atom is 0.370 e. The zero-order valence-electron chi connectivity index (χ0n) is 10.4. The van der Waals surface area contributed by atoms with Crippen molar-refractivity contribution in [3.63, 3.8) is 0 Å². The lowest BCUT2D eigenvalue weighted by molar-refractivity contribution is -0.159. The predicted octanol–water partition coefficient (Wildman–Crippen LogP) is 1.52. The number of carboxylic acid groups (broad SMARTS) is 1. The summed E-state index contributed by atoms with van der Waals surface area (Å²) in [6.45, 7) is 0.648. The minimum Gasteiger partial charge on any atom is -0.475 e. The zero-order chi connectivity index (χ0) is 13.0. The average molecular weight is 256 g/mol. The van der Waals surface area contributed by atoms with Gasteiger partial charge >= 0.3 is 5.97 Å². The molecule has 2 N–H and O–H groups in total. The number of ether oxygens (including phenoxy) is 2. The Bertz CT molecular complexity index is 321. The quantitative estimate of drug-likeness (QED) is 0.675. The van der Waals surface area contributed by atoms with Crippen LogP contribution in [0.15, 0.2) is 11.8 Å². The van der Waals surface area contributed by atoms with Crippen LogP contribution < -0.4 is 0 Å². The maximum atomic E-state index is 11.0. The summed E-state index contributed by atoms with van der Waals surface area (Å²) in [5.41, 5.74) is 0. The Morgan fingerprint density at radius 1 is 1.44 bits per heavy atom. The van der Waals surface area contributed by atoms with Gasteiger partial charge in [0.15, 0.2) is 0 Å². The molecule has 2 aliphatic rings. The summed E-state index contributed by atoms with van der Waals surface area (Å²) in [4.78, 5) is 11.0. The molecule has 1 aliphatic carbocycles. The van der Waals surface area contributed by atoms with E-state index in [0.717, 1.165) is 12.8 Å². The molecule has 0 aromatic rings. The van der Waals surface area contributed by atoms with Crippen LogP contribution >= 0.6 is 0 Å². The molecular weight excluding hydrogens is 236 g/mol. The first-order chi connectivity index (χ1) is 8.70. The maximum absolute atomic E-state index is 11.0. The molecular formula is C13H20O5. The van der Waals surface area contributed by atoms with E-state index in [-0.39, 0.29) is 18.3 Å². The third-order valence-electron chi connectivity index (χ3n) is 3.38. The highest BCUT2D eigenvalue weighted by atomic mass is 16.7. The van der Waals surface area contributed by atoms with Crippen LogP contribution in [0.4, 0.5) is 0 Å². The predicted molar refractivity (Wildman–Crippen MR) is 63.7 cm³/mol. The van der Waals surface area contributed by atoms with Crippen molar-refractivity contribution in [3.8, 4) is 0 Å². The summed E-state index contributed by atoms with van der Waals surface area (Å²) in [6, 6.07) is 0. The summed E-state index contributed by atoms with van der Waals surface area (Å²) >= 11 is 0. The largest absolute Gasteiger partial charge is 0.475 e. The molecule has 0 spiro atoms. The number of aliphatic hydroxyl groups is 1. The molecule has 5 heteroatoms. The van der Waals surface area contributed by atoms with E-state index >= 15 is 0 Å². The van der Waals surface area contributed by atoms with Crippen molar-refractivity contribution in [1.29, 1.82) is 0 Å². The van der Waals surface area contributed by atoms with Gasteiger partial charge in [-0.15, -0.1) is 0 Å². The van der Waals surface area contributed by atoms with Gasteiger partial charge in [0.05, 0.1) is 6.61 Å². The summed E-state index contributed by atoms with van der Waals surface area (Å²) in [6.07, 6.45) is 5.81. The molecule has 2 rings (SSSR count). The number of unbranched alkanes of at least 4 members (excludes halogenated alkanes) is 1. The van der Waals surface area contributed by atoms with Crippen LogP contribution in [0, 0.1) is 11.8 Å². The van der Waals surface area contributed by atoms with Crippen LogP contribution in [0.25, 0.3) is 0 Å². The number of carbonyl (C=O) groups is 1. The molecule has 0 bridgehead atoms. The SMILES string of the molecule is O=C(O)C1=C[C@@H](C2CC2)C[C@@H](OCCCCO)O1. The lowest BCUT2D eigenvalue weighted by atomic mass is 9.96. The van der Waals surface area contributed by atoms with Gasteiger partial charge in [-0.3, -0.25) is 0 Å². The first-order valence-corrected chi connectivity index (χ1v) is 6.55. The van der Waals surface area contributed by atoms with E-state index in [1.54, 1.807) is 6.08 Å². The fourth-order valence-corrected chi connectivity index (χ4v) is 2.22. The minimum atomic E-state index is -1.02. The Kier molecular flexibility index (Phi) is 4.60. The molecule has 0 amide bonds. The van der Waals surface area contributed by atoms with Crippen LogP contribution in [0.2, 0.25) is 0 Å². The molecule has 5 nitrogen and oxygen atoms in total. The van der Waals surface area contributed by atoms with E-state index in [4.69, 9.17) is 19.7 Å². The van der Waals surface area contributed by atoms with Gasteiger partial charge in [-0.1, -0.05) is 0 Å². The first kappa shape index (κ1) is 13.4. The number of hydrogen-bond donors (Lipinski definition) is 2. The van der Waals surface area contributed by atoms with Gasteiger partial charge in [0.1, 0.15) is 0 Å². The normalized spacial score (nSPS) is 27.5. The van der Waals surface area contributed by atoms with Crippen molar-refractivity contribution in [2.24, 2.45) is 11.8 Å². The average Bonchev–Trinajstić information content (AvgIpc) is 3.18. The molecule has 1 heterocycles. The summed E-state index contributed by atoms with van der Waals surface area (Å²) in [7, 11) is 0. The number of allylic oxidation sites excluding steroid dienone is 1. The molecule has 2 atom stereocenters. The van der Waals surface area contributed by atoms with E-state index < -0.39 is 12.3 Å². The number of hydrogen-bond acceptors (Lipinski definition) is 4. The summed E-state index contributed by atoms with van der Waals surface area (Å²) in [5, 5.41) is 17.7. The summed E-state index contributed by atoms with van der Waals surface area (Å²) in [5.74, 6) is -0.130. The lowest BCUT2D eigenvalue weighted by Gasteiger charge is -2.28. The Morgan fingerprint density at radius 2 is 2.22 bits per heavy atom. The van der Waals surface area contributed by atoms with E-state index in [1.807, 2.05) is 0 Å². The van der Waals surface area contributed by atoms with Crippen LogP contribution in [-0.4, -0.2) is 35.7 Å². The highest BCUT2D eigenvalue weighted by Gasteiger charge is 2.36. The minimum absolute atomic E-state index is 0.0188. The van der Waals surface area contributed by atoms with Crippen molar-refractivity contribution in [2.75, 3.05) is 13.2 Å². The van der Waals surface area contributed by atoms with E-state index in [9.17, 15) is 4.79 Å². The van der Waals surface area contributed by atoms with Crippen molar-refractivity contribution in [3.05, 3.63) is 11.8 Å². The fraction of sp³-hybridized carbons (Fsp3) is 0.769. The molecule has 18 heavy (non-hydrogen) atoms. The molecule has 1 fully saturated rings. The second kappa shape index (κ2) is 6.20. The van der Waals surface area contributed by atoms with Gasteiger partial charge in [-0.25, -0.2) is 4.79 Å². The van der Waals surface area contributed by atoms with E-state index in [1.165, 1.54) is 12.8 Å². The molecule has 1 saturated carbocycles. The second-order valence-corrected chi connectivity index (χ2v) is 4.92. The van der Waals surface area contributed by atoms with Crippen molar-refractivity contribution < 1.29 is 24.5 Å². The van der Waals surface area contributed by atoms with Crippen LogP contribution in [0.5, 0.6) is 0 Å². The third kappa shape index (κ3) is 3.71. The van der Waals surface area contributed by atoms with Crippen LogP contribution in [0.3, 0.4) is 0 Å². The molecule has 0 unspecified atom stereocenters. The standard InChI is InChI=1S/C13H20O5/c14-5-1-2-6-17-12-8-10(9-3-4-9)7-11(18-12)13(15)16/h7,9-10,12,14H,1-6,8H2,(H,15,16)/t10-,12+/m1/s1. The van der Waals surface area contributed by atoms with E-state index in [0.29, 0.717) is 18.9 Å². The Balaban J connectivity index is 1.84. The van der Waals surface area contributed by atoms with Gasteiger partial charge in [-0.05, 0) is 43.6 Å². The first-order valence-electron chi connectivity index (χ1n) is 6.55. The molecule has 0 aromatic carbocycles. The third-order valence-corrected chi connectivity index (χ3v) is 3.38. The Hall–Kier alpha value is -1.07. The van der Waals surface area contributed by atoms with Gasteiger partial charge in [-0.2, -0.15) is 0 Å². The Morgan fingerprint density at radius 3 is 2.83 bits per heavy atom. The van der Waals surface area contributed by atoms with Crippen molar-refractivity contribution in [1.82, 2.24) is 0 Å². The van der Waals surface area contributed by atoms with E-state index in [2.05, 4.69) is 0 Å². The zero-order valence-corrected chi connectivity index (χ0v) is 10.4. The van der Waals surface area contributed by atoms with Gasteiger partial charge in [0.25, 0.3) is 0 Å². The van der Waals surface area contributed by atoms with Crippen molar-refractivity contribution in [2.45, 2.75) is 38.4 Å².